The summed E-state index contributed by atoms with van der Waals surface area (Å²) in [6.07, 6.45) is 5.75. The highest BCUT2D eigenvalue weighted by Gasteiger charge is 2.36. The molecule has 0 spiro atoms. The highest BCUT2D eigenvalue weighted by Crippen LogP contribution is 2.41. The van der Waals surface area contributed by atoms with Crippen molar-refractivity contribution < 1.29 is 38.2 Å². The van der Waals surface area contributed by atoms with Gasteiger partial charge in [-0.3, -0.25) is 14.4 Å². The van der Waals surface area contributed by atoms with Gasteiger partial charge in [0.15, 0.2) is 6.39 Å². The van der Waals surface area contributed by atoms with Crippen LogP contribution in [-0.4, -0.2) is 64.5 Å². The second-order valence-corrected chi connectivity index (χ2v) is 11.9. The molecule has 2 N–H and O–H groups in total. The number of aromatic nitrogens is 1. The van der Waals surface area contributed by atoms with Crippen molar-refractivity contribution in [1.29, 1.82) is 0 Å². The van der Waals surface area contributed by atoms with Crippen LogP contribution in [0.25, 0.3) is 0 Å². The van der Waals surface area contributed by atoms with Gasteiger partial charge in [0.1, 0.15) is 18.5 Å². The maximum absolute atomic E-state index is 13.1. The minimum absolute atomic E-state index is 0.0673. The van der Waals surface area contributed by atoms with Gasteiger partial charge >= 0.3 is 11.9 Å². The van der Waals surface area contributed by atoms with Gasteiger partial charge in [0.25, 0.3) is 5.91 Å². The summed E-state index contributed by atoms with van der Waals surface area (Å²) in [6, 6.07) is 12.6. The highest BCUT2D eigenvalue weighted by molar-refractivity contribution is 5.91. The Balaban J connectivity index is 1.26. The SMILES string of the molecule is C[C@H](NC(=O)c1cnco1)[C@H](Oc1ccc(C(=O)O)c([C@@H]2CCCN(C(=O)[C@H]3COC(=O)C3)C2)c1)c1ccc(C2CC2)cc1. The molecule has 3 aromatic rings. The summed E-state index contributed by atoms with van der Waals surface area (Å²) in [5, 5.41) is 13.0. The van der Waals surface area contributed by atoms with Crippen LogP contribution in [0.1, 0.15) is 94.6 Å². The lowest BCUT2D eigenvalue weighted by Crippen LogP contribution is -2.42. The third-order valence-corrected chi connectivity index (χ3v) is 8.68. The molecule has 3 heterocycles. The van der Waals surface area contributed by atoms with Crippen LogP contribution in [-0.2, 0) is 14.3 Å². The van der Waals surface area contributed by atoms with E-state index in [2.05, 4.69) is 22.4 Å². The second-order valence-electron chi connectivity index (χ2n) is 11.9. The lowest BCUT2D eigenvalue weighted by Gasteiger charge is -2.35. The summed E-state index contributed by atoms with van der Waals surface area (Å²) in [5.74, 6) is -1.64. The Morgan fingerprint density at radius 3 is 2.55 bits per heavy atom. The zero-order chi connectivity index (χ0) is 30.8. The van der Waals surface area contributed by atoms with Crippen LogP contribution in [0.15, 0.2) is 59.5 Å². The van der Waals surface area contributed by atoms with E-state index in [9.17, 15) is 24.3 Å². The number of cyclic esters (lactones) is 1. The largest absolute Gasteiger partial charge is 0.484 e. The van der Waals surface area contributed by atoms with Crippen molar-refractivity contribution in [3.63, 3.8) is 0 Å². The maximum Gasteiger partial charge on any atom is 0.335 e. The molecular weight excluding hydrogens is 566 g/mol. The molecule has 0 unspecified atom stereocenters. The van der Waals surface area contributed by atoms with Crippen molar-refractivity contribution in [2.24, 2.45) is 5.92 Å². The van der Waals surface area contributed by atoms with Crippen LogP contribution in [0, 0.1) is 5.92 Å². The summed E-state index contributed by atoms with van der Waals surface area (Å²) in [5.41, 5.74) is 2.84. The number of oxazole rings is 1. The lowest BCUT2D eigenvalue weighted by atomic mass is 9.86. The number of nitrogens with zero attached hydrogens (tertiary/aromatic N) is 2. The average molecular weight is 602 g/mol. The fourth-order valence-electron chi connectivity index (χ4n) is 6.17. The number of rotatable bonds is 10. The van der Waals surface area contributed by atoms with E-state index in [-0.39, 0.29) is 42.1 Å². The fraction of sp³-hybridized carbons (Fsp3) is 0.424. The minimum Gasteiger partial charge on any atom is -0.484 e. The topological polar surface area (TPSA) is 148 Å². The molecule has 1 aliphatic carbocycles. The van der Waals surface area contributed by atoms with Crippen LogP contribution in [0.2, 0.25) is 0 Å². The van der Waals surface area contributed by atoms with Crippen molar-refractivity contribution in [2.45, 2.75) is 63.0 Å². The van der Waals surface area contributed by atoms with E-state index in [1.807, 2.05) is 19.1 Å². The number of amides is 2. The first-order valence-corrected chi connectivity index (χ1v) is 15.0. The van der Waals surface area contributed by atoms with E-state index < -0.39 is 29.9 Å². The quantitative estimate of drug-likeness (QED) is 0.321. The Bertz CT molecular complexity index is 1530. The van der Waals surface area contributed by atoms with Crippen molar-refractivity contribution in [3.05, 3.63) is 83.1 Å². The summed E-state index contributed by atoms with van der Waals surface area (Å²) in [6.45, 7) is 2.79. The molecule has 2 saturated heterocycles. The maximum atomic E-state index is 13.1. The molecule has 2 amide bonds. The molecule has 2 aromatic carbocycles. The van der Waals surface area contributed by atoms with Crippen LogP contribution < -0.4 is 10.1 Å². The van der Waals surface area contributed by atoms with Crippen LogP contribution >= 0.6 is 0 Å². The molecule has 3 aliphatic rings. The first-order chi connectivity index (χ1) is 21.3. The van der Waals surface area contributed by atoms with Gasteiger partial charge in [-0.1, -0.05) is 24.3 Å². The van der Waals surface area contributed by atoms with Gasteiger partial charge in [0.05, 0.1) is 30.1 Å². The van der Waals surface area contributed by atoms with Crippen molar-refractivity contribution in [3.8, 4) is 5.75 Å². The summed E-state index contributed by atoms with van der Waals surface area (Å²) < 4.78 is 16.7. The molecule has 1 aromatic heterocycles. The molecular formula is C33H35N3O8. The Kier molecular flexibility index (Phi) is 8.36. The van der Waals surface area contributed by atoms with Crippen molar-refractivity contribution >= 4 is 23.8 Å². The number of nitrogens with one attached hydrogen (secondary N) is 1. The van der Waals surface area contributed by atoms with E-state index >= 15 is 0 Å². The number of esters is 1. The number of ether oxygens (including phenoxy) is 2. The minimum atomic E-state index is -1.07. The van der Waals surface area contributed by atoms with Gasteiger partial charge in [-0.2, -0.15) is 0 Å². The third kappa shape index (κ3) is 6.46. The second kappa shape index (κ2) is 12.5. The Morgan fingerprint density at radius 2 is 1.89 bits per heavy atom. The van der Waals surface area contributed by atoms with Gasteiger partial charge in [-0.25, -0.2) is 9.78 Å². The Hall–Kier alpha value is -4.67. The molecule has 0 bridgehead atoms. The number of carbonyl (C=O) groups is 4. The monoisotopic (exact) mass is 601 g/mol. The van der Waals surface area contributed by atoms with E-state index in [0.717, 1.165) is 5.56 Å². The number of hydrogen-bond donors (Lipinski definition) is 2. The number of hydrogen-bond acceptors (Lipinski definition) is 8. The highest BCUT2D eigenvalue weighted by atomic mass is 16.5. The number of aromatic carboxylic acids is 1. The van der Waals surface area contributed by atoms with Crippen LogP contribution in [0.5, 0.6) is 5.75 Å². The number of carboxylic acids is 1. The average Bonchev–Trinajstić information content (AvgIpc) is 3.54. The van der Waals surface area contributed by atoms with Gasteiger partial charge in [-0.15, -0.1) is 0 Å². The smallest absolute Gasteiger partial charge is 0.335 e. The lowest BCUT2D eigenvalue weighted by molar-refractivity contribution is -0.138. The van der Waals surface area contributed by atoms with Crippen LogP contribution in [0.4, 0.5) is 0 Å². The molecule has 6 rings (SSSR count). The summed E-state index contributed by atoms with van der Waals surface area (Å²) >= 11 is 0. The molecule has 3 fully saturated rings. The number of carbonyl (C=O) groups excluding carboxylic acids is 3. The van der Waals surface area contributed by atoms with Gasteiger partial charge in [0, 0.05) is 19.0 Å². The normalized spacial score (nSPS) is 21.3. The number of piperidine rings is 1. The van der Waals surface area contributed by atoms with Gasteiger partial charge < -0.3 is 29.2 Å². The molecule has 11 nitrogen and oxygen atoms in total. The number of benzene rings is 2. The first-order valence-electron chi connectivity index (χ1n) is 15.0. The summed E-state index contributed by atoms with van der Waals surface area (Å²) in [7, 11) is 0. The third-order valence-electron chi connectivity index (χ3n) is 8.68. The van der Waals surface area contributed by atoms with Gasteiger partial charge in [0.2, 0.25) is 11.7 Å². The predicted octanol–water partition coefficient (Wildman–Crippen LogP) is 4.46. The fourth-order valence-corrected chi connectivity index (χ4v) is 6.17. The first kappa shape index (κ1) is 29.4. The Morgan fingerprint density at radius 1 is 1.09 bits per heavy atom. The molecule has 44 heavy (non-hydrogen) atoms. The molecule has 230 valence electrons. The van der Waals surface area contributed by atoms with Gasteiger partial charge in [-0.05, 0) is 73.4 Å². The van der Waals surface area contributed by atoms with Crippen molar-refractivity contribution in [1.82, 2.24) is 15.2 Å². The standard InChI is InChI=1S/C33H35N3O8/c1-19(35-31(38)28-15-34-18-43-28)30(22-8-6-21(7-9-22)20-4-5-20)44-25-10-11-26(33(40)41)27(14-25)23-3-2-12-36(16-23)32(39)24-13-29(37)42-17-24/h6-11,14-15,18-20,23-24,30H,2-5,12-13,16-17H2,1H3,(H,35,38)(H,40,41)/t19-,23+,24+,30-/m0/s1. The molecule has 2 aliphatic heterocycles. The predicted molar refractivity (Wildman–Crippen MR) is 156 cm³/mol. The van der Waals surface area contributed by atoms with Crippen LogP contribution in [0.3, 0.4) is 0 Å². The molecule has 1 saturated carbocycles. The van der Waals surface area contributed by atoms with E-state index in [4.69, 9.17) is 13.9 Å². The van der Waals surface area contributed by atoms with E-state index in [0.29, 0.717) is 43.2 Å². The Labute approximate surface area is 254 Å². The summed E-state index contributed by atoms with van der Waals surface area (Å²) in [4.78, 5) is 55.3. The molecule has 4 atom stereocenters. The van der Waals surface area contributed by atoms with E-state index in [1.54, 1.807) is 17.0 Å². The zero-order valence-corrected chi connectivity index (χ0v) is 24.4. The number of carboxylic acid groups (broad SMARTS) is 1. The van der Waals surface area contributed by atoms with Crippen molar-refractivity contribution in [2.75, 3.05) is 19.7 Å². The number of likely N-dealkylation sites (tertiary alicyclic amines) is 1. The zero-order valence-electron chi connectivity index (χ0n) is 24.4. The molecule has 0 radical (unpaired) electrons. The molecule has 11 heteroatoms. The van der Waals surface area contributed by atoms with E-state index in [1.165, 1.54) is 37.1 Å².